The first kappa shape index (κ1) is 19.3. The quantitative estimate of drug-likeness (QED) is 0.758. The van der Waals surface area contributed by atoms with Gasteiger partial charge in [-0.25, -0.2) is 0 Å². The van der Waals surface area contributed by atoms with Gasteiger partial charge in [-0.15, -0.1) is 0 Å². The molecule has 0 atom stereocenters. The van der Waals surface area contributed by atoms with E-state index < -0.39 is 0 Å². The SMILES string of the molecule is COc1cc(/C=C/C(=O)N2CC[NH+](Cc3ccncc3)CC2)cc2c1OCCO2. The van der Waals surface area contributed by atoms with Crippen molar-refractivity contribution in [1.82, 2.24) is 9.88 Å². The molecule has 2 aliphatic heterocycles. The minimum atomic E-state index is 0.0295. The fourth-order valence-electron chi connectivity index (χ4n) is 3.67. The minimum absolute atomic E-state index is 0.0295. The van der Waals surface area contributed by atoms with Gasteiger partial charge in [-0.05, 0) is 35.9 Å². The fraction of sp³-hybridized carbons (Fsp3) is 0.364. The third-order valence-electron chi connectivity index (χ3n) is 5.25. The summed E-state index contributed by atoms with van der Waals surface area (Å²) in [5, 5.41) is 0. The average Bonchev–Trinajstić information content (AvgIpc) is 2.78. The number of nitrogens with one attached hydrogen (secondary N) is 1. The summed E-state index contributed by atoms with van der Waals surface area (Å²) in [4.78, 5) is 20.1. The molecule has 1 aromatic carbocycles. The Morgan fingerprint density at radius 2 is 1.97 bits per heavy atom. The Balaban J connectivity index is 1.34. The van der Waals surface area contributed by atoms with Gasteiger partial charge in [0.1, 0.15) is 19.8 Å². The van der Waals surface area contributed by atoms with Crippen molar-refractivity contribution in [2.24, 2.45) is 0 Å². The molecule has 3 heterocycles. The number of ether oxygens (including phenoxy) is 3. The van der Waals surface area contributed by atoms with Crippen molar-refractivity contribution in [2.45, 2.75) is 6.54 Å². The fourth-order valence-corrected chi connectivity index (χ4v) is 3.67. The Bertz CT molecular complexity index is 860. The van der Waals surface area contributed by atoms with E-state index in [4.69, 9.17) is 14.2 Å². The molecule has 1 saturated heterocycles. The van der Waals surface area contributed by atoms with Crippen LogP contribution in [0, 0.1) is 0 Å². The number of amides is 1. The third kappa shape index (κ3) is 4.68. The van der Waals surface area contributed by atoms with Crippen LogP contribution in [0.25, 0.3) is 6.08 Å². The molecule has 152 valence electrons. The number of pyridine rings is 1. The van der Waals surface area contributed by atoms with E-state index in [1.807, 2.05) is 29.4 Å². The van der Waals surface area contributed by atoms with Gasteiger partial charge in [0.15, 0.2) is 11.5 Å². The van der Waals surface area contributed by atoms with Crippen LogP contribution in [0.3, 0.4) is 0 Å². The summed E-state index contributed by atoms with van der Waals surface area (Å²) in [5.41, 5.74) is 2.13. The number of nitrogens with zero attached hydrogens (tertiary/aromatic N) is 2. The van der Waals surface area contributed by atoms with Crippen LogP contribution < -0.4 is 19.1 Å². The molecule has 1 N–H and O–H groups in total. The lowest BCUT2D eigenvalue weighted by Crippen LogP contribution is -3.13. The topological polar surface area (TPSA) is 65.3 Å². The maximum absolute atomic E-state index is 12.6. The molecule has 0 aliphatic carbocycles. The number of carbonyl (C=O) groups is 1. The van der Waals surface area contributed by atoms with Crippen molar-refractivity contribution in [3.63, 3.8) is 0 Å². The lowest BCUT2D eigenvalue weighted by Gasteiger charge is -2.31. The van der Waals surface area contributed by atoms with E-state index in [-0.39, 0.29) is 5.91 Å². The Morgan fingerprint density at radius 3 is 2.72 bits per heavy atom. The molecular formula is C22H26N3O4+. The van der Waals surface area contributed by atoms with Gasteiger partial charge in [-0.1, -0.05) is 0 Å². The van der Waals surface area contributed by atoms with E-state index in [9.17, 15) is 4.79 Å². The first-order valence-corrected chi connectivity index (χ1v) is 9.90. The second-order valence-corrected chi connectivity index (χ2v) is 7.19. The van der Waals surface area contributed by atoms with E-state index in [0.717, 1.165) is 38.3 Å². The molecule has 0 saturated carbocycles. The Kier molecular flexibility index (Phi) is 5.95. The number of piperazine rings is 1. The van der Waals surface area contributed by atoms with Crippen LogP contribution in [0.15, 0.2) is 42.7 Å². The van der Waals surface area contributed by atoms with Crippen molar-refractivity contribution in [2.75, 3.05) is 46.5 Å². The predicted molar refractivity (Wildman–Crippen MR) is 108 cm³/mol. The van der Waals surface area contributed by atoms with E-state index in [0.29, 0.717) is 30.5 Å². The zero-order valence-corrected chi connectivity index (χ0v) is 16.6. The average molecular weight is 396 g/mol. The van der Waals surface area contributed by atoms with E-state index >= 15 is 0 Å². The van der Waals surface area contributed by atoms with E-state index in [1.165, 1.54) is 10.5 Å². The Morgan fingerprint density at radius 1 is 1.21 bits per heavy atom. The summed E-state index contributed by atoms with van der Waals surface area (Å²) in [6, 6.07) is 7.83. The number of fused-ring (bicyclic) bond motifs is 1. The monoisotopic (exact) mass is 396 g/mol. The van der Waals surface area contributed by atoms with Crippen LogP contribution in [-0.4, -0.2) is 62.3 Å². The van der Waals surface area contributed by atoms with Gasteiger partial charge >= 0.3 is 0 Å². The number of rotatable bonds is 5. The van der Waals surface area contributed by atoms with Crippen LogP contribution in [0.5, 0.6) is 17.2 Å². The smallest absolute Gasteiger partial charge is 0.246 e. The number of methoxy groups -OCH3 is 1. The van der Waals surface area contributed by atoms with Crippen LogP contribution in [0.4, 0.5) is 0 Å². The predicted octanol–water partition coefficient (Wildman–Crippen LogP) is 0.802. The van der Waals surface area contributed by atoms with Crippen LogP contribution in [0.2, 0.25) is 0 Å². The highest BCUT2D eigenvalue weighted by Crippen LogP contribution is 2.40. The number of hydrogen-bond donors (Lipinski definition) is 1. The molecule has 2 aromatic rings. The van der Waals surface area contributed by atoms with Crippen molar-refractivity contribution in [3.8, 4) is 17.2 Å². The summed E-state index contributed by atoms with van der Waals surface area (Å²) < 4.78 is 16.7. The highest BCUT2D eigenvalue weighted by atomic mass is 16.6. The van der Waals surface area contributed by atoms with Crippen molar-refractivity contribution < 1.29 is 23.9 Å². The number of benzene rings is 1. The van der Waals surface area contributed by atoms with E-state index in [1.54, 1.807) is 19.3 Å². The number of aromatic nitrogens is 1. The molecule has 7 nitrogen and oxygen atoms in total. The van der Waals surface area contributed by atoms with Gasteiger partial charge in [0.25, 0.3) is 0 Å². The molecule has 29 heavy (non-hydrogen) atoms. The zero-order chi connectivity index (χ0) is 20.1. The van der Waals surface area contributed by atoms with Crippen LogP contribution in [0.1, 0.15) is 11.1 Å². The number of quaternary nitrogens is 1. The second kappa shape index (κ2) is 8.96. The molecule has 0 bridgehead atoms. The Labute approximate surface area is 170 Å². The summed E-state index contributed by atoms with van der Waals surface area (Å²) in [6.45, 7) is 5.39. The zero-order valence-electron chi connectivity index (χ0n) is 16.6. The van der Waals surface area contributed by atoms with Gasteiger partial charge in [0.05, 0.1) is 33.3 Å². The molecule has 4 rings (SSSR count). The van der Waals surface area contributed by atoms with Crippen molar-refractivity contribution >= 4 is 12.0 Å². The lowest BCUT2D eigenvalue weighted by atomic mass is 10.1. The van der Waals surface area contributed by atoms with Crippen molar-refractivity contribution in [3.05, 3.63) is 53.9 Å². The maximum Gasteiger partial charge on any atom is 0.246 e. The second-order valence-electron chi connectivity index (χ2n) is 7.19. The number of carbonyl (C=O) groups excluding carboxylic acids is 1. The highest BCUT2D eigenvalue weighted by molar-refractivity contribution is 5.92. The highest BCUT2D eigenvalue weighted by Gasteiger charge is 2.23. The molecule has 0 radical (unpaired) electrons. The molecule has 1 aromatic heterocycles. The summed E-state index contributed by atoms with van der Waals surface area (Å²) in [7, 11) is 1.60. The molecule has 2 aliphatic rings. The largest absolute Gasteiger partial charge is 0.493 e. The van der Waals surface area contributed by atoms with Gasteiger partial charge in [-0.2, -0.15) is 0 Å². The maximum atomic E-state index is 12.6. The molecule has 0 spiro atoms. The van der Waals surface area contributed by atoms with Gasteiger partial charge < -0.3 is 24.0 Å². The van der Waals surface area contributed by atoms with Gasteiger partial charge in [-0.3, -0.25) is 9.78 Å². The molecule has 0 unspecified atom stereocenters. The third-order valence-corrected chi connectivity index (χ3v) is 5.25. The summed E-state index contributed by atoms with van der Waals surface area (Å²) in [6.07, 6.45) is 7.08. The molecule has 1 fully saturated rings. The lowest BCUT2D eigenvalue weighted by molar-refractivity contribution is -0.917. The van der Waals surface area contributed by atoms with E-state index in [2.05, 4.69) is 17.1 Å². The van der Waals surface area contributed by atoms with Gasteiger partial charge in [0, 0.05) is 24.0 Å². The normalized spacial score (nSPS) is 16.8. The summed E-state index contributed by atoms with van der Waals surface area (Å²) in [5.74, 6) is 1.91. The molecular weight excluding hydrogens is 370 g/mol. The van der Waals surface area contributed by atoms with Crippen LogP contribution >= 0.6 is 0 Å². The first-order valence-electron chi connectivity index (χ1n) is 9.90. The summed E-state index contributed by atoms with van der Waals surface area (Å²) >= 11 is 0. The molecule has 7 heteroatoms. The standard InChI is InChI=1S/C22H25N3O4/c1-27-19-14-18(15-20-22(19)29-13-12-28-20)2-3-21(26)25-10-8-24(9-11-25)16-17-4-6-23-7-5-17/h2-7,14-15H,8-13,16H2,1H3/p+1/b3-2+. The number of hydrogen-bond acceptors (Lipinski definition) is 5. The van der Waals surface area contributed by atoms with Crippen molar-refractivity contribution in [1.29, 1.82) is 0 Å². The van der Waals surface area contributed by atoms with Gasteiger partial charge in [0.2, 0.25) is 11.7 Å². The van der Waals surface area contributed by atoms with Crippen LogP contribution in [-0.2, 0) is 11.3 Å². The Hall–Kier alpha value is -3.06. The first-order chi connectivity index (χ1) is 14.2. The minimum Gasteiger partial charge on any atom is -0.493 e. The molecule has 1 amide bonds.